The average Bonchev–Trinajstić information content (AvgIpc) is 2.78. The predicted octanol–water partition coefficient (Wildman–Crippen LogP) is 2.54. The van der Waals surface area contributed by atoms with Crippen LogP contribution in [0, 0.1) is 0 Å². The van der Waals surface area contributed by atoms with Crippen molar-refractivity contribution in [3.05, 3.63) is 82.8 Å². The first-order valence-corrected chi connectivity index (χ1v) is 9.34. The third-order valence-corrected chi connectivity index (χ3v) is 4.29. The molecule has 2 heterocycles. The molecule has 3 rings (SSSR count). The summed E-state index contributed by atoms with van der Waals surface area (Å²) >= 11 is 0. The second-order valence-corrected chi connectivity index (χ2v) is 6.48. The van der Waals surface area contributed by atoms with Crippen molar-refractivity contribution in [3.8, 4) is 11.6 Å². The number of aliphatic hydroxyl groups excluding tert-OH is 1. The maximum atomic E-state index is 11.3. The Hall–Kier alpha value is -3.49. The molecule has 0 spiro atoms. The maximum absolute atomic E-state index is 11.3. The van der Waals surface area contributed by atoms with Gasteiger partial charge in [-0.25, -0.2) is 9.78 Å². The van der Waals surface area contributed by atoms with Crippen molar-refractivity contribution in [2.75, 3.05) is 7.11 Å². The minimum Gasteiger partial charge on any atom is -0.487 e. The van der Waals surface area contributed by atoms with E-state index in [4.69, 9.17) is 9.47 Å². The molecule has 0 aliphatic carbocycles. The van der Waals surface area contributed by atoms with Crippen LogP contribution in [0.25, 0.3) is 0 Å². The van der Waals surface area contributed by atoms with E-state index in [0.717, 1.165) is 5.56 Å². The smallest absolute Gasteiger partial charge is 0.335 e. The van der Waals surface area contributed by atoms with Crippen molar-refractivity contribution < 1.29 is 24.5 Å². The minimum absolute atomic E-state index is 0.0808. The number of ether oxygens (including phenoxy) is 2. The molecule has 0 unspecified atom stereocenters. The number of carbonyl (C=O) groups is 1. The summed E-state index contributed by atoms with van der Waals surface area (Å²) in [5.41, 5.74) is 2.59. The van der Waals surface area contributed by atoms with Crippen LogP contribution in [0.2, 0.25) is 0 Å². The summed E-state index contributed by atoms with van der Waals surface area (Å²) in [5, 5.41) is 21.7. The summed E-state index contributed by atoms with van der Waals surface area (Å²) in [7, 11) is 1.54. The number of carboxylic acid groups (broad SMARTS) is 1. The summed E-state index contributed by atoms with van der Waals surface area (Å²) in [6.45, 7) is 0.729. The fourth-order valence-corrected chi connectivity index (χ4v) is 2.83. The summed E-state index contributed by atoms with van der Waals surface area (Å²) < 4.78 is 11.1. The number of benzene rings is 1. The number of carboxylic acids is 1. The molecule has 0 bridgehead atoms. The van der Waals surface area contributed by atoms with Crippen LogP contribution in [0.3, 0.4) is 0 Å². The topological polar surface area (TPSA) is 114 Å². The van der Waals surface area contributed by atoms with Gasteiger partial charge in [-0.15, -0.1) is 0 Å². The number of hydrogen-bond donors (Lipinski definition) is 3. The Bertz CT molecular complexity index is 995. The minimum atomic E-state index is -1.07. The van der Waals surface area contributed by atoms with Gasteiger partial charge in [-0.1, -0.05) is 30.3 Å². The van der Waals surface area contributed by atoms with Crippen molar-refractivity contribution in [2.45, 2.75) is 26.3 Å². The second-order valence-electron chi connectivity index (χ2n) is 6.48. The summed E-state index contributed by atoms with van der Waals surface area (Å²) in [4.78, 5) is 19.9. The van der Waals surface area contributed by atoms with Crippen LogP contribution in [0.15, 0.2) is 54.6 Å². The van der Waals surface area contributed by atoms with Gasteiger partial charge in [-0.05, 0) is 23.8 Å². The molecule has 2 aromatic heterocycles. The number of aromatic carboxylic acids is 1. The van der Waals surface area contributed by atoms with Gasteiger partial charge in [0, 0.05) is 19.2 Å². The Morgan fingerprint density at radius 2 is 1.80 bits per heavy atom. The predicted molar refractivity (Wildman–Crippen MR) is 109 cm³/mol. The molecule has 0 atom stereocenters. The highest BCUT2D eigenvalue weighted by Crippen LogP contribution is 2.21. The van der Waals surface area contributed by atoms with E-state index in [1.165, 1.54) is 12.1 Å². The molecule has 0 aliphatic heterocycles. The van der Waals surface area contributed by atoms with E-state index in [-0.39, 0.29) is 12.2 Å². The normalized spacial score (nSPS) is 10.6. The van der Waals surface area contributed by atoms with Crippen molar-refractivity contribution >= 4 is 5.97 Å². The first-order chi connectivity index (χ1) is 14.6. The molecule has 0 fully saturated rings. The van der Waals surface area contributed by atoms with Crippen LogP contribution < -0.4 is 14.8 Å². The van der Waals surface area contributed by atoms with Crippen LogP contribution in [-0.2, 0) is 26.3 Å². The number of nitrogens with one attached hydrogen (secondary N) is 1. The average molecular weight is 409 g/mol. The first-order valence-electron chi connectivity index (χ1n) is 9.34. The van der Waals surface area contributed by atoms with Gasteiger partial charge in [-0.2, -0.15) is 0 Å². The molecule has 8 nitrogen and oxygen atoms in total. The standard InChI is InChI=1S/C22H23N3O5/c1-29-21-8-7-20(30-14-15-5-3-2-4-6-15)19(25-21)12-23-11-17-9-16(22(27)28)10-18(13-26)24-17/h2-10,23,26H,11-14H2,1H3,(H,27,28). The largest absolute Gasteiger partial charge is 0.487 e. The van der Waals surface area contributed by atoms with Gasteiger partial charge in [0.05, 0.1) is 30.7 Å². The Kier molecular flexibility index (Phi) is 7.31. The van der Waals surface area contributed by atoms with E-state index >= 15 is 0 Å². The van der Waals surface area contributed by atoms with Crippen LogP contribution in [0.5, 0.6) is 11.6 Å². The quantitative estimate of drug-likeness (QED) is 0.468. The lowest BCUT2D eigenvalue weighted by Gasteiger charge is -2.13. The van der Waals surface area contributed by atoms with Gasteiger partial charge in [-0.3, -0.25) is 4.98 Å². The van der Waals surface area contributed by atoms with Crippen molar-refractivity contribution in [2.24, 2.45) is 0 Å². The number of rotatable bonds is 10. The molecule has 0 saturated heterocycles. The Labute approximate surface area is 174 Å². The van der Waals surface area contributed by atoms with Crippen molar-refractivity contribution in [3.63, 3.8) is 0 Å². The molecule has 8 heteroatoms. The van der Waals surface area contributed by atoms with Crippen LogP contribution in [0.1, 0.15) is 33.0 Å². The fraction of sp³-hybridized carbons (Fsp3) is 0.227. The monoisotopic (exact) mass is 409 g/mol. The molecule has 3 aromatic rings. The van der Waals surface area contributed by atoms with E-state index in [1.807, 2.05) is 30.3 Å². The molecular weight excluding hydrogens is 386 g/mol. The summed E-state index contributed by atoms with van der Waals surface area (Å²) in [6.07, 6.45) is 0. The SMILES string of the molecule is COc1ccc(OCc2ccccc2)c(CNCc2cc(C(=O)O)cc(CO)n2)n1. The summed E-state index contributed by atoms with van der Waals surface area (Å²) in [6, 6.07) is 16.2. The molecule has 3 N–H and O–H groups in total. The highest BCUT2D eigenvalue weighted by Gasteiger charge is 2.11. The molecule has 0 aliphatic rings. The third-order valence-electron chi connectivity index (χ3n) is 4.29. The number of aliphatic hydroxyl groups is 1. The molecule has 1 aromatic carbocycles. The first kappa shape index (κ1) is 21.2. The number of nitrogens with zero attached hydrogens (tertiary/aromatic N) is 2. The molecule has 30 heavy (non-hydrogen) atoms. The van der Waals surface area contributed by atoms with Crippen LogP contribution in [0.4, 0.5) is 0 Å². The van der Waals surface area contributed by atoms with E-state index in [2.05, 4.69) is 15.3 Å². The number of hydrogen-bond acceptors (Lipinski definition) is 7. The lowest BCUT2D eigenvalue weighted by atomic mass is 10.2. The highest BCUT2D eigenvalue weighted by atomic mass is 16.5. The molecule has 156 valence electrons. The lowest BCUT2D eigenvalue weighted by Crippen LogP contribution is -2.17. The Morgan fingerprint density at radius 3 is 2.50 bits per heavy atom. The second kappa shape index (κ2) is 10.3. The van der Waals surface area contributed by atoms with E-state index in [0.29, 0.717) is 48.4 Å². The number of pyridine rings is 2. The van der Waals surface area contributed by atoms with Crippen LogP contribution in [-0.4, -0.2) is 33.3 Å². The Balaban J connectivity index is 1.69. The van der Waals surface area contributed by atoms with Crippen LogP contribution >= 0.6 is 0 Å². The molecule has 0 amide bonds. The van der Waals surface area contributed by atoms with Gasteiger partial charge >= 0.3 is 5.97 Å². The van der Waals surface area contributed by atoms with E-state index in [9.17, 15) is 15.0 Å². The maximum Gasteiger partial charge on any atom is 0.335 e. The molecular formula is C22H23N3O5. The van der Waals surface area contributed by atoms with E-state index in [1.54, 1.807) is 19.2 Å². The number of aromatic nitrogens is 2. The van der Waals surface area contributed by atoms with Crippen molar-refractivity contribution in [1.29, 1.82) is 0 Å². The molecule has 0 saturated carbocycles. The molecule has 0 radical (unpaired) electrons. The van der Waals surface area contributed by atoms with Gasteiger partial charge in [0.1, 0.15) is 18.1 Å². The van der Waals surface area contributed by atoms with Gasteiger partial charge in [0.25, 0.3) is 0 Å². The zero-order valence-corrected chi connectivity index (χ0v) is 16.5. The summed E-state index contributed by atoms with van der Waals surface area (Å²) in [5.74, 6) is 0.0160. The van der Waals surface area contributed by atoms with Gasteiger partial charge in [0.15, 0.2) is 0 Å². The van der Waals surface area contributed by atoms with E-state index < -0.39 is 5.97 Å². The zero-order valence-electron chi connectivity index (χ0n) is 16.5. The third kappa shape index (κ3) is 5.76. The fourth-order valence-electron chi connectivity index (χ4n) is 2.83. The lowest BCUT2D eigenvalue weighted by molar-refractivity contribution is 0.0696. The zero-order chi connectivity index (χ0) is 21.3. The van der Waals surface area contributed by atoms with Gasteiger partial charge in [0.2, 0.25) is 5.88 Å². The highest BCUT2D eigenvalue weighted by molar-refractivity contribution is 5.87. The van der Waals surface area contributed by atoms with Gasteiger partial charge < -0.3 is 25.0 Å². The van der Waals surface area contributed by atoms with Crippen molar-refractivity contribution in [1.82, 2.24) is 15.3 Å². The Morgan fingerprint density at radius 1 is 1.03 bits per heavy atom. The number of methoxy groups -OCH3 is 1.